The number of halogens is 1. The summed E-state index contributed by atoms with van der Waals surface area (Å²) in [5.41, 5.74) is 0.667. The molecule has 1 aliphatic rings. The van der Waals surface area contributed by atoms with Gasteiger partial charge >= 0.3 is 0 Å². The molecule has 2 rings (SSSR count). The van der Waals surface area contributed by atoms with Crippen LogP contribution in [0.2, 0.25) is 0 Å². The molecule has 3 nitrogen and oxygen atoms in total. The number of rotatable bonds is 5. The van der Waals surface area contributed by atoms with Gasteiger partial charge in [-0.15, -0.1) is 0 Å². The zero-order valence-corrected chi connectivity index (χ0v) is 12.8. The summed E-state index contributed by atoms with van der Waals surface area (Å²) >= 11 is 0. The van der Waals surface area contributed by atoms with E-state index in [9.17, 15) is 14.3 Å². The Bertz CT molecular complexity index is 489. The average molecular weight is 293 g/mol. The van der Waals surface area contributed by atoms with Crippen molar-refractivity contribution in [1.29, 1.82) is 0 Å². The van der Waals surface area contributed by atoms with Gasteiger partial charge in [0.25, 0.3) is 0 Å². The first kappa shape index (κ1) is 16.0. The van der Waals surface area contributed by atoms with Gasteiger partial charge in [0.1, 0.15) is 5.82 Å². The van der Waals surface area contributed by atoms with Gasteiger partial charge < -0.3 is 10.0 Å². The molecule has 1 fully saturated rings. The number of aliphatic hydroxyl groups is 1. The van der Waals surface area contributed by atoms with Gasteiger partial charge in [-0.3, -0.25) is 4.79 Å². The maximum Gasteiger partial charge on any atom is 0.225 e. The smallest absolute Gasteiger partial charge is 0.225 e. The third-order valence-electron chi connectivity index (χ3n) is 4.44. The molecule has 3 atom stereocenters. The largest absolute Gasteiger partial charge is 0.393 e. The van der Waals surface area contributed by atoms with Gasteiger partial charge in [0.05, 0.1) is 6.10 Å². The highest BCUT2D eigenvalue weighted by atomic mass is 19.1. The van der Waals surface area contributed by atoms with Gasteiger partial charge in [-0.1, -0.05) is 25.1 Å². The molecule has 1 amide bonds. The van der Waals surface area contributed by atoms with Crippen LogP contribution >= 0.6 is 0 Å². The lowest BCUT2D eigenvalue weighted by Crippen LogP contribution is -2.34. The van der Waals surface area contributed by atoms with Crippen LogP contribution in [0.3, 0.4) is 0 Å². The maximum absolute atomic E-state index is 13.6. The van der Waals surface area contributed by atoms with Crippen LogP contribution in [0.25, 0.3) is 0 Å². The van der Waals surface area contributed by atoms with Crippen LogP contribution < -0.4 is 0 Å². The first-order valence-electron chi connectivity index (χ1n) is 7.69. The van der Waals surface area contributed by atoms with Crippen molar-refractivity contribution in [2.75, 3.05) is 13.1 Å². The Labute approximate surface area is 125 Å². The van der Waals surface area contributed by atoms with E-state index in [-0.39, 0.29) is 29.7 Å². The summed E-state index contributed by atoms with van der Waals surface area (Å²) in [5.74, 6) is -0.00736. The Kier molecular flexibility index (Phi) is 5.34. The van der Waals surface area contributed by atoms with E-state index >= 15 is 0 Å². The van der Waals surface area contributed by atoms with E-state index < -0.39 is 0 Å². The number of carbonyl (C=O) groups excluding carboxylic acids is 1. The molecule has 1 aliphatic heterocycles. The van der Waals surface area contributed by atoms with Crippen molar-refractivity contribution in [3.05, 3.63) is 35.6 Å². The second-order valence-corrected chi connectivity index (χ2v) is 6.10. The number of hydrogen-bond donors (Lipinski definition) is 1. The molecule has 4 heteroatoms. The van der Waals surface area contributed by atoms with Crippen molar-refractivity contribution in [1.82, 2.24) is 4.90 Å². The summed E-state index contributed by atoms with van der Waals surface area (Å²) in [5, 5.41) is 9.59. The molecule has 21 heavy (non-hydrogen) atoms. The molecule has 0 spiro atoms. The van der Waals surface area contributed by atoms with Gasteiger partial charge in [-0.2, -0.15) is 0 Å². The summed E-state index contributed by atoms with van der Waals surface area (Å²) in [6.45, 7) is 5.04. The number of amides is 1. The fourth-order valence-corrected chi connectivity index (χ4v) is 2.89. The molecular weight excluding hydrogens is 269 g/mol. The van der Waals surface area contributed by atoms with Crippen molar-refractivity contribution in [2.45, 2.75) is 39.2 Å². The topological polar surface area (TPSA) is 40.5 Å². The molecule has 0 aliphatic carbocycles. The highest BCUT2D eigenvalue weighted by molar-refractivity contribution is 5.78. The molecule has 0 bridgehead atoms. The minimum atomic E-state index is -0.364. The van der Waals surface area contributed by atoms with Gasteiger partial charge in [-0.25, -0.2) is 4.39 Å². The molecule has 116 valence electrons. The molecule has 1 aromatic rings. The quantitative estimate of drug-likeness (QED) is 0.906. The summed E-state index contributed by atoms with van der Waals surface area (Å²) in [7, 11) is 0. The zero-order valence-electron chi connectivity index (χ0n) is 12.8. The van der Waals surface area contributed by atoms with Crippen molar-refractivity contribution < 1.29 is 14.3 Å². The highest BCUT2D eigenvalue weighted by Crippen LogP contribution is 2.23. The molecule has 1 heterocycles. The Balaban J connectivity index is 1.85. The Morgan fingerprint density at radius 3 is 2.76 bits per heavy atom. The second-order valence-electron chi connectivity index (χ2n) is 6.10. The minimum Gasteiger partial charge on any atom is -0.393 e. The van der Waals surface area contributed by atoms with E-state index in [2.05, 4.69) is 0 Å². The van der Waals surface area contributed by atoms with Crippen molar-refractivity contribution in [3.8, 4) is 0 Å². The van der Waals surface area contributed by atoms with Crippen LogP contribution in [-0.2, 0) is 11.2 Å². The molecule has 0 aromatic heterocycles. The number of benzene rings is 1. The fraction of sp³-hybridized carbons (Fsp3) is 0.588. The number of carbonyl (C=O) groups is 1. The molecular formula is C17H24FNO2. The predicted octanol–water partition coefficient (Wildman–Crippen LogP) is 2.62. The standard InChI is InChI=1S/C17H24FNO2/c1-12(7-8-14-5-3-4-6-16(14)18)17(21)19-10-9-15(11-19)13(2)20/h3-6,12-13,15,20H,7-11H2,1-2H3. The van der Waals surface area contributed by atoms with Crippen molar-refractivity contribution >= 4 is 5.91 Å². The first-order valence-corrected chi connectivity index (χ1v) is 7.69. The number of likely N-dealkylation sites (tertiary alicyclic amines) is 1. The average Bonchev–Trinajstić information content (AvgIpc) is 2.95. The lowest BCUT2D eigenvalue weighted by atomic mass is 9.99. The first-order chi connectivity index (χ1) is 9.99. The minimum absolute atomic E-state index is 0.114. The highest BCUT2D eigenvalue weighted by Gasteiger charge is 2.30. The number of aryl methyl sites for hydroxylation is 1. The summed E-state index contributed by atoms with van der Waals surface area (Å²) in [6, 6.07) is 6.72. The summed E-state index contributed by atoms with van der Waals surface area (Å²) in [6.07, 6.45) is 1.73. The zero-order chi connectivity index (χ0) is 15.4. The van der Waals surface area contributed by atoms with Gasteiger partial charge in [0.2, 0.25) is 5.91 Å². The van der Waals surface area contributed by atoms with E-state index in [1.54, 1.807) is 19.1 Å². The molecule has 0 radical (unpaired) electrons. The lowest BCUT2D eigenvalue weighted by Gasteiger charge is -2.21. The molecule has 1 saturated heterocycles. The van der Waals surface area contributed by atoms with E-state index in [0.717, 1.165) is 13.0 Å². The van der Waals surface area contributed by atoms with Crippen LogP contribution in [0.1, 0.15) is 32.3 Å². The van der Waals surface area contributed by atoms with Crippen LogP contribution in [0.15, 0.2) is 24.3 Å². The molecule has 3 unspecified atom stereocenters. The fourth-order valence-electron chi connectivity index (χ4n) is 2.89. The van der Waals surface area contributed by atoms with Crippen LogP contribution in [0.4, 0.5) is 4.39 Å². The van der Waals surface area contributed by atoms with E-state index in [1.165, 1.54) is 6.07 Å². The van der Waals surface area contributed by atoms with Gasteiger partial charge in [0, 0.05) is 24.9 Å². The number of nitrogens with zero attached hydrogens (tertiary/aromatic N) is 1. The Hall–Kier alpha value is -1.42. The van der Waals surface area contributed by atoms with Gasteiger partial charge in [0.15, 0.2) is 0 Å². The van der Waals surface area contributed by atoms with E-state index in [4.69, 9.17) is 0 Å². The van der Waals surface area contributed by atoms with Gasteiger partial charge in [-0.05, 0) is 37.8 Å². The van der Waals surface area contributed by atoms with Crippen LogP contribution in [-0.4, -0.2) is 35.1 Å². The summed E-state index contributed by atoms with van der Waals surface area (Å²) < 4.78 is 13.6. The number of hydrogen-bond acceptors (Lipinski definition) is 2. The molecule has 0 saturated carbocycles. The van der Waals surface area contributed by atoms with E-state index in [0.29, 0.717) is 24.9 Å². The van der Waals surface area contributed by atoms with Crippen molar-refractivity contribution in [2.24, 2.45) is 11.8 Å². The maximum atomic E-state index is 13.6. The Morgan fingerprint density at radius 1 is 1.43 bits per heavy atom. The third kappa shape index (κ3) is 4.03. The summed E-state index contributed by atoms with van der Waals surface area (Å²) in [4.78, 5) is 14.2. The Morgan fingerprint density at radius 2 is 2.14 bits per heavy atom. The van der Waals surface area contributed by atoms with Crippen molar-refractivity contribution in [3.63, 3.8) is 0 Å². The van der Waals surface area contributed by atoms with E-state index in [1.807, 2.05) is 17.9 Å². The molecule has 1 N–H and O–H groups in total. The third-order valence-corrected chi connectivity index (χ3v) is 4.44. The van der Waals surface area contributed by atoms with Crippen LogP contribution in [0, 0.1) is 17.7 Å². The lowest BCUT2D eigenvalue weighted by molar-refractivity contribution is -0.134. The number of aliphatic hydroxyl groups excluding tert-OH is 1. The second kappa shape index (κ2) is 7.03. The SMILES string of the molecule is CC(CCc1ccccc1F)C(=O)N1CCC(C(C)O)C1. The predicted molar refractivity (Wildman–Crippen MR) is 80.3 cm³/mol. The monoisotopic (exact) mass is 293 g/mol. The normalized spacial score (nSPS) is 21.3. The molecule has 1 aromatic carbocycles. The van der Waals surface area contributed by atoms with Crippen LogP contribution in [0.5, 0.6) is 0 Å².